The number of alkyl halides is 3. The quantitative estimate of drug-likeness (QED) is 0.580. The molecule has 0 amide bonds. The average Bonchev–Trinajstić information content (AvgIpc) is 2.86. The highest BCUT2D eigenvalue weighted by atomic mass is 19.4. The van der Waals surface area contributed by atoms with Gasteiger partial charge in [0, 0.05) is 30.5 Å². The van der Waals surface area contributed by atoms with Crippen molar-refractivity contribution in [2.75, 3.05) is 4.90 Å². The van der Waals surface area contributed by atoms with Crippen LogP contribution in [0.2, 0.25) is 0 Å². The van der Waals surface area contributed by atoms with Gasteiger partial charge in [-0.1, -0.05) is 0 Å². The monoisotopic (exact) mass is 346 g/mol. The summed E-state index contributed by atoms with van der Waals surface area (Å²) in [7, 11) is 1.89. The molecule has 3 aromatic rings. The van der Waals surface area contributed by atoms with Crippen molar-refractivity contribution in [1.29, 1.82) is 0 Å². The van der Waals surface area contributed by atoms with Gasteiger partial charge in [-0.25, -0.2) is 9.97 Å². The van der Waals surface area contributed by atoms with Crippen molar-refractivity contribution < 1.29 is 13.2 Å². The smallest absolute Gasteiger partial charge is 0.354 e. The highest BCUT2D eigenvalue weighted by Gasteiger charge is 2.38. The predicted octanol–water partition coefficient (Wildman–Crippen LogP) is 4.90. The Morgan fingerprint density at radius 1 is 0.960 bits per heavy atom. The lowest BCUT2D eigenvalue weighted by molar-refractivity contribution is -0.136. The predicted molar refractivity (Wildman–Crippen MR) is 90.8 cm³/mol. The maximum atomic E-state index is 13.5. The van der Waals surface area contributed by atoms with E-state index in [9.17, 15) is 13.2 Å². The maximum absolute atomic E-state index is 13.5. The largest absolute Gasteiger partial charge is 0.418 e. The molecule has 1 aliphatic rings. The molecule has 4 rings (SSSR count). The average molecular weight is 346 g/mol. The van der Waals surface area contributed by atoms with Crippen LogP contribution in [0.4, 0.5) is 24.5 Å². The number of anilines is 2. The van der Waals surface area contributed by atoms with Gasteiger partial charge in [0.25, 0.3) is 0 Å². The van der Waals surface area contributed by atoms with Crippen molar-refractivity contribution >= 4 is 22.3 Å². The molecule has 0 radical (unpaired) electrons. The molecule has 1 aliphatic heterocycles. The number of halogens is 3. The third-order valence-corrected chi connectivity index (χ3v) is 4.41. The Balaban J connectivity index is 2.18. The van der Waals surface area contributed by atoms with Crippen LogP contribution in [0.25, 0.3) is 22.2 Å². The normalized spacial score (nSPS) is 14.1. The molecular weight excluding hydrogens is 329 g/mol. The van der Waals surface area contributed by atoms with Gasteiger partial charge < -0.3 is 9.47 Å². The van der Waals surface area contributed by atoms with E-state index in [1.54, 1.807) is 0 Å². The van der Waals surface area contributed by atoms with E-state index in [-0.39, 0.29) is 11.1 Å². The van der Waals surface area contributed by atoms with E-state index in [1.807, 2.05) is 44.8 Å². The molecule has 0 fully saturated rings. The van der Waals surface area contributed by atoms with Gasteiger partial charge in [-0.2, -0.15) is 13.2 Å². The molecule has 0 atom stereocenters. The van der Waals surface area contributed by atoms with Crippen LogP contribution in [-0.2, 0) is 13.2 Å². The first-order valence-electron chi connectivity index (χ1n) is 7.90. The summed E-state index contributed by atoms with van der Waals surface area (Å²) in [5.41, 5.74) is 1.88. The van der Waals surface area contributed by atoms with Crippen molar-refractivity contribution in [1.82, 2.24) is 14.5 Å². The van der Waals surface area contributed by atoms with E-state index in [4.69, 9.17) is 0 Å². The molecule has 2 aromatic heterocycles. The lowest BCUT2D eigenvalue weighted by atomic mass is 9.93. The SMILES string of the molecule is Cn1cc2c(c1)N(C(C)(C)C)c1ccc(C(F)(F)F)c3ncnc-2c13. The lowest BCUT2D eigenvalue weighted by Gasteiger charge is -2.40. The summed E-state index contributed by atoms with van der Waals surface area (Å²) in [6, 6.07) is 2.64. The van der Waals surface area contributed by atoms with Crippen molar-refractivity contribution in [3.05, 3.63) is 36.4 Å². The zero-order valence-corrected chi connectivity index (χ0v) is 14.3. The zero-order chi connectivity index (χ0) is 18.1. The summed E-state index contributed by atoms with van der Waals surface area (Å²) < 4.78 is 42.3. The number of aromatic nitrogens is 3. The van der Waals surface area contributed by atoms with Crippen LogP contribution < -0.4 is 4.90 Å². The third-order valence-electron chi connectivity index (χ3n) is 4.41. The van der Waals surface area contributed by atoms with E-state index in [0.717, 1.165) is 17.3 Å². The lowest BCUT2D eigenvalue weighted by Crippen LogP contribution is -2.39. The number of hydrogen-bond donors (Lipinski definition) is 0. The Labute approximate surface area is 142 Å². The number of benzene rings is 1. The zero-order valence-electron chi connectivity index (χ0n) is 14.3. The minimum atomic E-state index is -4.46. The molecule has 0 saturated heterocycles. The van der Waals surface area contributed by atoms with Gasteiger partial charge >= 0.3 is 6.18 Å². The Kier molecular flexibility index (Phi) is 3.02. The second-order valence-electron chi connectivity index (χ2n) is 7.30. The fraction of sp³-hybridized carbons (Fsp3) is 0.333. The molecule has 25 heavy (non-hydrogen) atoms. The molecule has 3 heterocycles. The van der Waals surface area contributed by atoms with Crippen LogP contribution >= 0.6 is 0 Å². The summed E-state index contributed by atoms with van der Waals surface area (Å²) in [5.74, 6) is 0. The Morgan fingerprint density at radius 3 is 2.32 bits per heavy atom. The molecule has 0 bridgehead atoms. The standard InChI is InChI=1S/C18H17F3N4/c1-17(2,3)25-12-6-5-11(18(19,20)21)16-14(12)15(22-9-23-16)10-7-24(4)8-13(10)25/h5-9H,1-4H3. The summed E-state index contributed by atoms with van der Waals surface area (Å²) in [6.45, 7) is 6.09. The first kappa shape index (κ1) is 15.9. The fourth-order valence-corrected chi connectivity index (χ4v) is 3.56. The number of rotatable bonds is 0. The summed E-state index contributed by atoms with van der Waals surface area (Å²) >= 11 is 0. The van der Waals surface area contributed by atoms with Gasteiger partial charge in [-0.3, -0.25) is 0 Å². The molecule has 130 valence electrons. The Hall–Kier alpha value is -2.57. The Morgan fingerprint density at radius 2 is 1.68 bits per heavy atom. The van der Waals surface area contributed by atoms with E-state index < -0.39 is 11.7 Å². The molecule has 4 nitrogen and oxygen atoms in total. The topological polar surface area (TPSA) is 34.0 Å². The molecule has 0 aliphatic carbocycles. The molecular formula is C18H17F3N4. The van der Waals surface area contributed by atoms with Gasteiger partial charge in [0.2, 0.25) is 0 Å². The molecule has 0 spiro atoms. The van der Waals surface area contributed by atoms with E-state index in [1.165, 1.54) is 12.4 Å². The second kappa shape index (κ2) is 4.74. The highest BCUT2D eigenvalue weighted by molar-refractivity contribution is 6.10. The Bertz CT molecular complexity index is 996. The minimum Gasteiger partial charge on any atom is -0.354 e. The van der Waals surface area contributed by atoms with Gasteiger partial charge in [-0.05, 0) is 32.9 Å². The van der Waals surface area contributed by atoms with Gasteiger partial charge in [0.05, 0.1) is 33.5 Å². The second-order valence-corrected chi connectivity index (χ2v) is 7.30. The van der Waals surface area contributed by atoms with Crippen molar-refractivity contribution in [2.45, 2.75) is 32.5 Å². The van der Waals surface area contributed by atoms with Crippen molar-refractivity contribution in [3.8, 4) is 11.3 Å². The van der Waals surface area contributed by atoms with E-state index >= 15 is 0 Å². The number of hydrogen-bond acceptors (Lipinski definition) is 3. The van der Waals surface area contributed by atoms with Gasteiger partial charge in [0.1, 0.15) is 6.33 Å². The van der Waals surface area contributed by atoms with Crippen LogP contribution in [0.1, 0.15) is 26.3 Å². The summed E-state index contributed by atoms with van der Waals surface area (Å²) in [4.78, 5) is 10.4. The summed E-state index contributed by atoms with van der Waals surface area (Å²) in [6.07, 6.45) is 0.599. The van der Waals surface area contributed by atoms with E-state index in [0.29, 0.717) is 16.8 Å². The van der Waals surface area contributed by atoms with Crippen LogP contribution in [0.3, 0.4) is 0 Å². The number of nitrogens with zero attached hydrogens (tertiary/aromatic N) is 4. The van der Waals surface area contributed by atoms with Crippen molar-refractivity contribution in [3.63, 3.8) is 0 Å². The van der Waals surface area contributed by atoms with Gasteiger partial charge in [-0.15, -0.1) is 0 Å². The number of fused-ring (bicyclic) bond motifs is 2. The molecule has 1 aromatic carbocycles. The summed E-state index contributed by atoms with van der Waals surface area (Å²) in [5, 5.41) is 0.450. The molecule has 0 N–H and O–H groups in total. The maximum Gasteiger partial charge on any atom is 0.418 e. The van der Waals surface area contributed by atoms with E-state index in [2.05, 4.69) is 14.9 Å². The molecule has 7 heteroatoms. The van der Waals surface area contributed by atoms with Crippen LogP contribution in [-0.4, -0.2) is 20.1 Å². The minimum absolute atomic E-state index is 0.0567. The third kappa shape index (κ3) is 2.22. The first-order valence-corrected chi connectivity index (χ1v) is 7.90. The van der Waals surface area contributed by atoms with Crippen LogP contribution in [0.5, 0.6) is 0 Å². The van der Waals surface area contributed by atoms with Gasteiger partial charge in [0.15, 0.2) is 0 Å². The molecule has 0 unspecified atom stereocenters. The first-order chi connectivity index (χ1) is 11.6. The molecule has 0 saturated carbocycles. The van der Waals surface area contributed by atoms with Crippen LogP contribution in [0.15, 0.2) is 30.9 Å². The van der Waals surface area contributed by atoms with Crippen LogP contribution in [0, 0.1) is 0 Å². The highest BCUT2D eigenvalue weighted by Crippen LogP contribution is 2.51. The van der Waals surface area contributed by atoms with Crippen molar-refractivity contribution in [2.24, 2.45) is 7.05 Å². The fourth-order valence-electron chi connectivity index (χ4n) is 3.56. The number of aryl methyl sites for hydroxylation is 1.